The van der Waals surface area contributed by atoms with Crippen LogP contribution in [0.1, 0.15) is 31.1 Å². The topological polar surface area (TPSA) is 78.9 Å². The fraction of sp³-hybridized carbons (Fsp3) is 0.308. The van der Waals surface area contributed by atoms with E-state index in [0.717, 1.165) is 0 Å². The molecule has 10 rings (SSSR count). The summed E-state index contributed by atoms with van der Waals surface area (Å²) in [7, 11) is 0. The maximum Gasteiger partial charge on any atom is 0.338 e. The zero-order chi connectivity index (χ0) is 44.8. The van der Waals surface area contributed by atoms with Gasteiger partial charge in [-0.15, -0.1) is 106 Å². The van der Waals surface area contributed by atoms with Crippen LogP contribution in [0.15, 0.2) is 98.0 Å². The number of carbonyl (C=O) groups excluding carboxylic acids is 3. The van der Waals surface area contributed by atoms with Crippen molar-refractivity contribution >= 4 is 265 Å². The summed E-state index contributed by atoms with van der Waals surface area (Å²) < 4.78 is 37.3. The number of rotatable bonds is 15. The third-order valence-electron chi connectivity index (χ3n) is 8.45. The van der Waals surface area contributed by atoms with Crippen LogP contribution in [0.25, 0.3) is 0 Å². The van der Waals surface area contributed by atoms with Crippen LogP contribution in [-0.2, 0) is 14.2 Å². The maximum absolute atomic E-state index is 13.5. The Hall–Kier alpha value is 2.64. The van der Waals surface area contributed by atoms with Crippen LogP contribution in [0, 0.1) is 0 Å². The Morgan fingerprint density at radius 2 is 0.621 bits per heavy atom. The second-order valence-electron chi connectivity index (χ2n) is 12.9. The Balaban J connectivity index is 0.710. The van der Waals surface area contributed by atoms with Crippen molar-refractivity contribution < 1.29 is 28.6 Å². The van der Waals surface area contributed by atoms with Crippen molar-refractivity contribution in [3.05, 3.63) is 115 Å². The maximum atomic E-state index is 13.5. The SMILES string of the molecule is O=C(OCCSC1=CSC(=C2SC3=C(SCCS3)S2)S1)c1cc(C(=O)OCCSC2=CSC(=C3SC4=C(SCCS4)S3)S2)cc(C(=O)OCCSC2=CSC(=C3SC4=C(SCCS4)S3)S2)c1. The first-order valence-electron chi connectivity index (χ1n) is 19.4. The fourth-order valence-electron chi connectivity index (χ4n) is 5.65. The molecule has 66 heavy (non-hydrogen) atoms. The number of hydrogen-bond acceptors (Lipinski definition) is 27. The first-order chi connectivity index (χ1) is 32.4. The van der Waals surface area contributed by atoms with E-state index >= 15 is 0 Å². The van der Waals surface area contributed by atoms with Crippen molar-refractivity contribution in [2.45, 2.75) is 0 Å². The van der Waals surface area contributed by atoms with Crippen molar-refractivity contribution in [1.29, 1.82) is 0 Å². The van der Waals surface area contributed by atoms with Crippen LogP contribution in [0.3, 0.4) is 0 Å². The normalized spacial score (nSPS) is 21.7. The number of hydrogen-bond donors (Lipinski definition) is 0. The van der Waals surface area contributed by atoms with Gasteiger partial charge in [-0.2, -0.15) is 0 Å². The summed E-state index contributed by atoms with van der Waals surface area (Å²) in [5.41, 5.74) is 0.309. The van der Waals surface area contributed by atoms with Gasteiger partial charge in [0.15, 0.2) is 0 Å². The van der Waals surface area contributed by atoms with Gasteiger partial charge < -0.3 is 14.2 Å². The van der Waals surface area contributed by atoms with Gasteiger partial charge in [0.2, 0.25) is 0 Å². The zero-order valence-electron chi connectivity index (χ0n) is 33.5. The molecule has 9 aliphatic rings. The highest BCUT2D eigenvalue weighted by molar-refractivity contribution is 8.46. The lowest BCUT2D eigenvalue weighted by molar-refractivity contribution is 0.0528. The summed E-state index contributed by atoms with van der Waals surface area (Å²) in [6.45, 7) is 0.514. The quantitative estimate of drug-likeness (QED) is 0.0949. The summed E-state index contributed by atoms with van der Waals surface area (Å²) in [5.74, 6) is 6.88. The predicted molar refractivity (Wildman–Crippen MR) is 327 cm³/mol. The van der Waals surface area contributed by atoms with Crippen molar-refractivity contribution in [3.8, 4) is 0 Å². The smallest absolute Gasteiger partial charge is 0.338 e. The van der Waals surface area contributed by atoms with Gasteiger partial charge in [-0.3, -0.25) is 0 Å². The Bertz CT molecular complexity index is 2150. The summed E-state index contributed by atoms with van der Waals surface area (Å²) in [5, 5.41) is 6.51. The van der Waals surface area contributed by atoms with Gasteiger partial charge in [0.05, 0.1) is 80.2 Å². The van der Waals surface area contributed by atoms with E-state index in [9.17, 15) is 14.4 Å². The third kappa shape index (κ3) is 13.9. The zero-order valence-corrected chi connectivity index (χ0v) is 50.6. The molecule has 27 heteroatoms. The first kappa shape index (κ1) is 52.1. The molecule has 0 unspecified atom stereocenters. The Kier molecular flexibility index (Phi) is 20.5. The van der Waals surface area contributed by atoms with E-state index in [4.69, 9.17) is 14.2 Å². The van der Waals surface area contributed by atoms with E-state index in [1.165, 1.54) is 116 Å². The standard InChI is InChI=1S/C39H30O6S21/c40-25(43-1-4-46-22-16-55-34(58-22)37-61-28-29(62-37)50-8-7-49-28)19-13-20(26(41)44-2-5-47-23-17-56-35(59-23)38-63-30-31(64-38)52-10-9-51-30)15-21(14-19)27(42)45-3-6-48-24-18-57-36(60-24)39-65-32-33(66-39)54-12-11-53-32/h13-18H,1-12H2. The monoisotopic (exact) mass is 1270 g/mol. The van der Waals surface area contributed by atoms with Crippen molar-refractivity contribution in [1.82, 2.24) is 0 Å². The van der Waals surface area contributed by atoms with Gasteiger partial charge in [-0.25, -0.2) is 14.4 Å². The van der Waals surface area contributed by atoms with Crippen LogP contribution < -0.4 is 0 Å². The molecule has 0 bridgehead atoms. The van der Waals surface area contributed by atoms with Gasteiger partial charge in [0.1, 0.15) is 19.8 Å². The molecule has 0 N–H and O–H groups in total. The van der Waals surface area contributed by atoms with Crippen LogP contribution in [0.2, 0.25) is 0 Å². The first-order valence-corrected chi connectivity index (χ1v) is 38.2. The van der Waals surface area contributed by atoms with E-state index < -0.39 is 17.9 Å². The van der Waals surface area contributed by atoms with Crippen LogP contribution in [0.4, 0.5) is 0 Å². The van der Waals surface area contributed by atoms with Gasteiger partial charge in [0, 0.05) is 51.8 Å². The lowest BCUT2D eigenvalue weighted by Gasteiger charge is -2.11. The lowest BCUT2D eigenvalue weighted by atomic mass is 10.1. The molecule has 1 aromatic carbocycles. The molecule has 6 nitrogen and oxygen atoms in total. The summed E-state index contributed by atoms with van der Waals surface area (Å²) in [4.78, 5) is 40.5. The summed E-state index contributed by atoms with van der Waals surface area (Å²) >= 11 is 38.6. The van der Waals surface area contributed by atoms with Crippen LogP contribution >= 0.6 is 247 Å². The van der Waals surface area contributed by atoms with Crippen LogP contribution in [0.5, 0.6) is 0 Å². The van der Waals surface area contributed by atoms with Gasteiger partial charge >= 0.3 is 17.9 Å². The molecule has 348 valence electrons. The van der Waals surface area contributed by atoms with E-state index in [1.807, 2.05) is 141 Å². The molecule has 0 radical (unpaired) electrons. The number of carbonyl (C=O) groups is 3. The Labute approximate surface area is 473 Å². The molecule has 0 atom stereocenters. The van der Waals surface area contributed by atoms with Crippen molar-refractivity contribution in [2.24, 2.45) is 0 Å². The summed E-state index contributed by atoms with van der Waals surface area (Å²) in [6, 6.07) is 4.35. The van der Waals surface area contributed by atoms with Crippen molar-refractivity contribution in [2.75, 3.05) is 71.6 Å². The molecular weight excluding hydrogens is 1240 g/mol. The molecule has 0 saturated heterocycles. The average Bonchev–Trinajstić information content (AvgIpc) is 4.21. The molecule has 0 aliphatic carbocycles. The predicted octanol–water partition coefficient (Wildman–Crippen LogP) is 17.8. The highest BCUT2D eigenvalue weighted by Gasteiger charge is 2.32. The highest BCUT2D eigenvalue weighted by Crippen LogP contribution is 2.67. The van der Waals surface area contributed by atoms with Crippen molar-refractivity contribution in [3.63, 3.8) is 0 Å². The Morgan fingerprint density at radius 3 is 0.879 bits per heavy atom. The molecular formula is C39H30O6S21. The molecule has 0 amide bonds. The molecule has 0 saturated carbocycles. The molecule has 0 aromatic heterocycles. The molecule has 0 spiro atoms. The number of benzene rings is 1. The molecule has 1 aromatic rings. The van der Waals surface area contributed by atoms with E-state index in [-0.39, 0.29) is 36.5 Å². The number of esters is 3. The second-order valence-corrected chi connectivity index (χ2v) is 38.7. The lowest BCUT2D eigenvalue weighted by Crippen LogP contribution is -2.15. The number of thioether (sulfide) groups is 21. The van der Waals surface area contributed by atoms with E-state index in [2.05, 4.69) is 16.2 Å². The fourth-order valence-corrected chi connectivity index (χ4v) is 35.1. The molecule has 9 aliphatic heterocycles. The van der Waals surface area contributed by atoms with Crippen LogP contribution in [-0.4, -0.2) is 89.5 Å². The third-order valence-corrected chi connectivity index (χ3v) is 38.5. The highest BCUT2D eigenvalue weighted by atomic mass is 32.3. The number of ether oxygens (including phenoxy) is 3. The molecule has 0 fully saturated rings. The summed E-state index contributed by atoms with van der Waals surface area (Å²) in [6.07, 6.45) is 0. The van der Waals surface area contributed by atoms with Gasteiger partial charge in [-0.1, -0.05) is 141 Å². The van der Waals surface area contributed by atoms with E-state index in [1.54, 1.807) is 106 Å². The second kappa shape index (κ2) is 25.9. The largest absolute Gasteiger partial charge is 0.461 e. The molecule has 9 heterocycles. The average molecular weight is 1270 g/mol. The van der Waals surface area contributed by atoms with E-state index in [0.29, 0.717) is 17.3 Å². The minimum absolute atomic E-state index is 0.103. The minimum Gasteiger partial charge on any atom is -0.461 e. The Morgan fingerprint density at radius 1 is 0.364 bits per heavy atom. The van der Waals surface area contributed by atoms with Gasteiger partial charge in [0.25, 0.3) is 0 Å². The minimum atomic E-state index is -0.611. The van der Waals surface area contributed by atoms with Gasteiger partial charge in [-0.05, 0) is 34.4 Å².